The number of para-hydroxylation sites is 1. The Morgan fingerprint density at radius 3 is 3.00 bits per heavy atom. The first-order valence-corrected chi connectivity index (χ1v) is 6.19. The quantitative estimate of drug-likeness (QED) is 0.722. The average Bonchev–Trinajstić information content (AvgIpc) is 2.83. The summed E-state index contributed by atoms with van der Waals surface area (Å²) in [6, 6.07) is 8.10. The summed E-state index contributed by atoms with van der Waals surface area (Å²) in [5.41, 5.74) is 2.37. The van der Waals surface area contributed by atoms with E-state index in [4.69, 9.17) is 0 Å². The maximum Gasteiger partial charge on any atom is 0.245 e. The van der Waals surface area contributed by atoms with Crippen LogP contribution in [0.2, 0.25) is 0 Å². The van der Waals surface area contributed by atoms with E-state index >= 15 is 0 Å². The van der Waals surface area contributed by atoms with Gasteiger partial charge in [0.1, 0.15) is 0 Å². The van der Waals surface area contributed by atoms with Crippen molar-refractivity contribution in [2.24, 2.45) is 0 Å². The van der Waals surface area contributed by atoms with Gasteiger partial charge in [0.05, 0.1) is 6.04 Å². The number of nitrogens with one attached hydrogen (secondary N) is 2. The molecule has 1 unspecified atom stereocenters. The predicted octanol–water partition coefficient (Wildman–Crippen LogP) is 0.137. The lowest BCUT2D eigenvalue weighted by molar-refractivity contribution is -0.120. The zero-order valence-corrected chi connectivity index (χ0v) is 9.78. The number of benzene rings is 1. The average molecular weight is 231 g/mol. The standard InChI is InChI=1S/C13H17N3O/c17-13(11-9-14-6-7-15-11)16-8-5-10-3-1-2-4-12(10)16/h1-4,11,14-15H,5-9H2. The van der Waals surface area contributed by atoms with Gasteiger partial charge < -0.3 is 15.5 Å². The smallest absolute Gasteiger partial charge is 0.245 e. The molecule has 4 nitrogen and oxygen atoms in total. The summed E-state index contributed by atoms with van der Waals surface area (Å²) in [6.07, 6.45) is 0.974. The molecule has 2 aliphatic heterocycles. The monoisotopic (exact) mass is 231 g/mol. The van der Waals surface area contributed by atoms with Crippen LogP contribution in [-0.2, 0) is 11.2 Å². The first kappa shape index (κ1) is 10.7. The molecule has 1 aromatic rings. The van der Waals surface area contributed by atoms with E-state index in [2.05, 4.69) is 16.7 Å². The Hall–Kier alpha value is -1.39. The van der Waals surface area contributed by atoms with Gasteiger partial charge in [-0.15, -0.1) is 0 Å². The fourth-order valence-corrected chi connectivity index (χ4v) is 2.58. The highest BCUT2D eigenvalue weighted by atomic mass is 16.2. The van der Waals surface area contributed by atoms with Crippen molar-refractivity contribution in [1.29, 1.82) is 0 Å². The minimum Gasteiger partial charge on any atom is -0.313 e. The summed E-state index contributed by atoms with van der Waals surface area (Å²) >= 11 is 0. The number of rotatable bonds is 1. The van der Waals surface area contributed by atoms with Gasteiger partial charge in [-0.2, -0.15) is 0 Å². The summed E-state index contributed by atoms with van der Waals surface area (Å²) < 4.78 is 0. The third kappa shape index (κ3) is 1.94. The van der Waals surface area contributed by atoms with Gasteiger partial charge in [0, 0.05) is 31.9 Å². The number of carbonyl (C=O) groups is 1. The highest BCUT2D eigenvalue weighted by molar-refractivity contribution is 5.99. The van der Waals surface area contributed by atoms with Crippen molar-refractivity contribution in [3.63, 3.8) is 0 Å². The first-order chi connectivity index (χ1) is 8.36. The maximum absolute atomic E-state index is 12.4. The van der Waals surface area contributed by atoms with E-state index in [0.29, 0.717) is 0 Å². The summed E-state index contributed by atoms with van der Waals surface area (Å²) in [7, 11) is 0. The molecule has 0 saturated carbocycles. The minimum atomic E-state index is -0.0742. The van der Waals surface area contributed by atoms with E-state index in [1.165, 1.54) is 5.56 Å². The van der Waals surface area contributed by atoms with Gasteiger partial charge >= 0.3 is 0 Å². The highest BCUT2D eigenvalue weighted by Crippen LogP contribution is 2.27. The van der Waals surface area contributed by atoms with Gasteiger partial charge in [0.15, 0.2) is 0 Å². The molecule has 1 fully saturated rings. The van der Waals surface area contributed by atoms with Crippen LogP contribution in [0.4, 0.5) is 5.69 Å². The normalized spacial score (nSPS) is 23.5. The Kier molecular flexibility index (Phi) is 2.82. The van der Waals surface area contributed by atoms with Crippen LogP contribution in [0.1, 0.15) is 5.56 Å². The molecule has 0 aromatic heterocycles. The van der Waals surface area contributed by atoms with Crippen LogP contribution in [0.5, 0.6) is 0 Å². The second-order valence-corrected chi connectivity index (χ2v) is 4.58. The van der Waals surface area contributed by atoms with Crippen LogP contribution in [0.15, 0.2) is 24.3 Å². The molecule has 4 heteroatoms. The Balaban J connectivity index is 1.79. The number of anilines is 1. The van der Waals surface area contributed by atoms with Crippen molar-refractivity contribution in [1.82, 2.24) is 10.6 Å². The van der Waals surface area contributed by atoms with Crippen molar-refractivity contribution in [3.8, 4) is 0 Å². The van der Waals surface area contributed by atoms with Crippen LogP contribution in [0.3, 0.4) is 0 Å². The molecule has 2 N–H and O–H groups in total. The molecule has 0 radical (unpaired) electrons. The molecule has 0 spiro atoms. The van der Waals surface area contributed by atoms with E-state index in [0.717, 1.165) is 38.3 Å². The van der Waals surface area contributed by atoms with Crippen molar-refractivity contribution >= 4 is 11.6 Å². The fraction of sp³-hybridized carbons (Fsp3) is 0.462. The van der Waals surface area contributed by atoms with Crippen LogP contribution >= 0.6 is 0 Å². The van der Waals surface area contributed by atoms with E-state index in [-0.39, 0.29) is 11.9 Å². The van der Waals surface area contributed by atoms with E-state index < -0.39 is 0 Å². The van der Waals surface area contributed by atoms with Crippen LogP contribution < -0.4 is 15.5 Å². The Labute approximate surface area is 101 Å². The third-order valence-electron chi connectivity index (χ3n) is 3.49. The lowest BCUT2D eigenvalue weighted by Crippen LogP contribution is -2.56. The number of piperazine rings is 1. The molecule has 2 aliphatic rings. The van der Waals surface area contributed by atoms with Gasteiger partial charge in [-0.25, -0.2) is 0 Å². The van der Waals surface area contributed by atoms with Crippen LogP contribution in [-0.4, -0.2) is 38.1 Å². The molecule has 2 heterocycles. The van der Waals surface area contributed by atoms with Crippen molar-refractivity contribution < 1.29 is 4.79 Å². The molecule has 0 bridgehead atoms. The number of hydrogen-bond donors (Lipinski definition) is 2. The Bertz CT molecular complexity index is 426. The van der Waals surface area contributed by atoms with Crippen LogP contribution in [0, 0.1) is 0 Å². The predicted molar refractivity (Wildman–Crippen MR) is 67.2 cm³/mol. The molecular formula is C13H17N3O. The van der Waals surface area contributed by atoms with E-state index in [1.54, 1.807) is 0 Å². The molecule has 90 valence electrons. The van der Waals surface area contributed by atoms with Crippen molar-refractivity contribution in [3.05, 3.63) is 29.8 Å². The first-order valence-electron chi connectivity index (χ1n) is 6.19. The summed E-state index contributed by atoms with van der Waals surface area (Å²) in [5.74, 6) is 0.196. The number of amides is 1. The lowest BCUT2D eigenvalue weighted by atomic mass is 10.1. The number of fused-ring (bicyclic) bond motifs is 1. The summed E-state index contributed by atoms with van der Waals surface area (Å²) in [4.78, 5) is 14.3. The largest absolute Gasteiger partial charge is 0.313 e. The lowest BCUT2D eigenvalue weighted by Gasteiger charge is -2.28. The molecule has 3 rings (SSSR count). The Morgan fingerprint density at radius 1 is 1.29 bits per heavy atom. The van der Waals surface area contributed by atoms with E-state index in [9.17, 15) is 4.79 Å². The summed E-state index contributed by atoms with van der Waals surface area (Å²) in [5, 5.41) is 6.53. The Morgan fingerprint density at radius 2 is 2.18 bits per heavy atom. The van der Waals surface area contributed by atoms with Gasteiger partial charge in [0.25, 0.3) is 0 Å². The van der Waals surface area contributed by atoms with E-state index in [1.807, 2.05) is 23.1 Å². The number of nitrogens with zero attached hydrogens (tertiary/aromatic N) is 1. The van der Waals surface area contributed by atoms with Crippen LogP contribution in [0.25, 0.3) is 0 Å². The SMILES string of the molecule is O=C(C1CNCCN1)N1CCc2ccccc21. The van der Waals surface area contributed by atoms with Gasteiger partial charge in [0.2, 0.25) is 5.91 Å². The highest BCUT2D eigenvalue weighted by Gasteiger charge is 2.30. The zero-order chi connectivity index (χ0) is 11.7. The molecule has 1 saturated heterocycles. The van der Waals surface area contributed by atoms with Gasteiger partial charge in [-0.3, -0.25) is 4.79 Å². The van der Waals surface area contributed by atoms with Crippen molar-refractivity contribution in [2.45, 2.75) is 12.5 Å². The topological polar surface area (TPSA) is 44.4 Å². The van der Waals surface area contributed by atoms with Gasteiger partial charge in [-0.1, -0.05) is 18.2 Å². The fourth-order valence-electron chi connectivity index (χ4n) is 2.58. The van der Waals surface area contributed by atoms with Crippen molar-refractivity contribution in [2.75, 3.05) is 31.1 Å². The molecule has 1 amide bonds. The molecule has 0 aliphatic carbocycles. The molecule has 17 heavy (non-hydrogen) atoms. The number of carbonyl (C=O) groups excluding carboxylic acids is 1. The van der Waals surface area contributed by atoms with Gasteiger partial charge in [-0.05, 0) is 18.1 Å². The zero-order valence-electron chi connectivity index (χ0n) is 9.78. The second kappa shape index (κ2) is 4.47. The number of hydrogen-bond acceptors (Lipinski definition) is 3. The molecule has 1 atom stereocenters. The molecular weight excluding hydrogens is 214 g/mol. The second-order valence-electron chi connectivity index (χ2n) is 4.58. The molecule has 1 aromatic carbocycles. The third-order valence-corrected chi connectivity index (χ3v) is 3.49. The minimum absolute atomic E-state index is 0.0742. The maximum atomic E-state index is 12.4. The summed E-state index contributed by atoms with van der Waals surface area (Å²) in [6.45, 7) is 3.36.